The van der Waals surface area contributed by atoms with Crippen LogP contribution in [-0.2, 0) is 18.6 Å². The SMILES string of the molecule is CC(=CCC(C)OP(=O)(Cl)Cl)C(=O)OCCO. The average molecular weight is 305 g/mol. The third-order valence-electron chi connectivity index (χ3n) is 1.71. The topological polar surface area (TPSA) is 72.8 Å². The number of aliphatic hydroxyl groups is 1. The van der Waals surface area contributed by atoms with Gasteiger partial charge in [-0.15, -0.1) is 0 Å². The molecule has 1 unspecified atom stereocenters. The van der Waals surface area contributed by atoms with Crippen LogP contribution < -0.4 is 0 Å². The quantitative estimate of drug-likeness (QED) is 0.445. The summed E-state index contributed by atoms with van der Waals surface area (Å²) >= 11 is 10.5. The van der Waals surface area contributed by atoms with Crippen LogP contribution in [0.5, 0.6) is 0 Å². The monoisotopic (exact) mass is 304 g/mol. The fraction of sp³-hybridized carbons (Fsp3) is 0.667. The van der Waals surface area contributed by atoms with Gasteiger partial charge >= 0.3 is 12.0 Å². The maximum absolute atomic E-state index is 11.3. The minimum Gasteiger partial charge on any atom is -0.460 e. The Balaban J connectivity index is 4.14. The first-order valence-corrected chi connectivity index (χ1v) is 8.32. The maximum Gasteiger partial charge on any atom is 0.380 e. The summed E-state index contributed by atoms with van der Waals surface area (Å²) in [6.45, 7) is 2.92. The lowest BCUT2D eigenvalue weighted by Crippen LogP contribution is -2.10. The number of carbonyl (C=O) groups excluding carboxylic acids is 1. The molecule has 17 heavy (non-hydrogen) atoms. The first-order chi connectivity index (χ1) is 7.76. The summed E-state index contributed by atoms with van der Waals surface area (Å²) in [7, 11) is 0. The number of hydrogen-bond acceptors (Lipinski definition) is 5. The number of hydrogen-bond donors (Lipinski definition) is 1. The van der Waals surface area contributed by atoms with Gasteiger partial charge in [-0.3, -0.25) is 4.57 Å². The standard InChI is InChI=1S/C9H15Cl2O5P/c1-7(9(13)15-6-5-12)3-4-8(2)16-17(10,11)14/h3,8,12H,4-6H2,1-2H3. The van der Waals surface area contributed by atoms with Gasteiger partial charge in [-0.1, -0.05) is 6.08 Å². The van der Waals surface area contributed by atoms with E-state index in [1.54, 1.807) is 19.9 Å². The lowest BCUT2D eigenvalue weighted by Gasteiger charge is -2.11. The summed E-state index contributed by atoms with van der Waals surface area (Å²) in [4.78, 5) is 11.3. The predicted octanol–water partition coefficient (Wildman–Crippen LogP) is 2.85. The van der Waals surface area contributed by atoms with Crippen LogP contribution in [0.15, 0.2) is 11.6 Å². The Kier molecular flexibility index (Phi) is 8.09. The van der Waals surface area contributed by atoms with E-state index in [1.807, 2.05) is 0 Å². The minimum absolute atomic E-state index is 0.0470. The fourth-order valence-corrected chi connectivity index (χ4v) is 2.25. The molecule has 5 nitrogen and oxygen atoms in total. The summed E-state index contributed by atoms with van der Waals surface area (Å²) in [6.07, 6.45) is -2.15. The molecular formula is C9H15Cl2O5P. The van der Waals surface area contributed by atoms with E-state index in [0.717, 1.165) is 0 Å². The van der Waals surface area contributed by atoms with Crippen molar-refractivity contribution >= 4 is 34.5 Å². The molecule has 0 aliphatic rings. The molecule has 0 aromatic heterocycles. The van der Waals surface area contributed by atoms with E-state index < -0.39 is 18.1 Å². The highest BCUT2D eigenvalue weighted by Gasteiger charge is 2.18. The van der Waals surface area contributed by atoms with Crippen LogP contribution in [0.25, 0.3) is 0 Å². The number of carbonyl (C=O) groups is 1. The van der Waals surface area contributed by atoms with Crippen molar-refractivity contribution in [2.75, 3.05) is 13.2 Å². The van der Waals surface area contributed by atoms with Gasteiger partial charge in [-0.25, -0.2) is 4.79 Å². The van der Waals surface area contributed by atoms with Gasteiger partial charge in [0.2, 0.25) is 0 Å². The summed E-state index contributed by atoms with van der Waals surface area (Å²) in [5.74, 6) is -0.522. The number of aliphatic hydroxyl groups excluding tert-OH is 1. The lowest BCUT2D eigenvalue weighted by molar-refractivity contribution is -0.139. The van der Waals surface area contributed by atoms with Crippen molar-refractivity contribution in [3.05, 3.63) is 11.6 Å². The lowest BCUT2D eigenvalue weighted by atomic mass is 10.2. The van der Waals surface area contributed by atoms with Crippen molar-refractivity contribution in [3.8, 4) is 0 Å². The van der Waals surface area contributed by atoms with E-state index in [2.05, 4.69) is 4.74 Å². The van der Waals surface area contributed by atoms with Crippen LogP contribution in [0.1, 0.15) is 20.3 Å². The van der Waals surface area contributed by atoms with Crippen molar-refractivity contribution in [2.45, 2.75) is 26.4 Å². The molecule has 100 valence electrons. The Morgan fingerprint density at radius 3 is 2.59 bits per heavy atom. The van der Waals surface area contributed by atoms with Crippen LogP contribution in [0, 0.1) is 0 Å². The molecule has 0 saturated carbocycles. The summed E-state index contributed by atoms with van der Waals surface area (Å²) in [5.41, 5.74) is 0.368. The molecule has 0 radical (unpaired) electrons. The highest BCUT2D eigenvalue weighted by molar-refractivity contribution is 8.05. The van der Waals surface area contributed by atoms with Crippen molar-refractivity contribution < 1.29 is 23.7 Å². The van der Waals surface area contributed by atoms with E-state index in [9.17, 15) is 9.36 Å². The van der Waals surface area contributed by atoms with Crippen molar-refractivity contribution in [2.24, 2.45) is 0 Å². The van der Waals surface area contributed by atoms with Gasteiger partial charge in [0.25, 0.3) is 0 Å². The van der Waals surface area contributed by atoms with Gasteiger partial charge in [-0.05, 0) is 42.7 Å². The third kappa shape index (κ3) is 9.62. The zero-order valence-corrected chi connectivity index (χ0v) is 12.0. The second-order valence-corrected chi connectivity index (χ2v) is 7.54. The molecule has 0 bridgehead atoms. The van der Waals surface area contributed by atoms with E-state index in [1.165, 1.54) is 0 Å². The minimum atomic E-state index is -3.56. The average Bonchev–Trinajstić information content (AvgIpc) is 2.20. The van der Waals surface area contributed by atoms with Gasteiger partial charge in [0.1, 0.15) is 6.61 Å². The zero-order valence-electron chi connectivity index (χ0n) is 9.56. The van der Waals surface area contributed by atoms with Crippen molar-refractivity contribution in [3.63, 3.8) is 0 Å². The van der Waals surface area contributed by atoms with Crippen LogP contribution in [-0.4, -0.2) is 30.4 Å². The Bertz CT molecular complexity index is 325. The molecule has 0 amide bonds. The molecule has 8 heteroatoms. The summed E-state index contributed by atoms with van der Waals surface area (Å²) in [5, 5.41) is 8.47. The van der Waals surface area contributed by atoms with Crippen molar-refractivity contribution in [1.82, 2.24) is 0 Å². The highest BCUT2D eigenvalue weighted by atomic mass is 35.9. The molecule has 0 aromatic carbocycles. The van der Waals surface area contributed by atoms with Crippen LogP contribution in [0.4, 0.5) is 0 Å². The van der Waals surface area contributed by atoms with Gasteiger partial charge in [0, 0.05) is 5.57 Å². The molecule has 0 rings (SSSR count). The Morgan fingerprint density at radius 1 is 1.53 bits per heavy atom. The molecular weight excluding hydrogens is 290 g/mol. The zero-order chi connectivity index (χ0) is 13.5. The molecule has 0 saturated heterocycles. The van der Waals surface area contributed by atoms with Crippen molar-refractivity contribution in [1.29, 1.82) is 0 Å². The Morgan fingerprint density at radius 2 is 2.12 bits per heavy atom. The molecule has 0 aliphatic heterocycles. The van der Waals surface area contributed by atoms with Gasteiger partial charge < -0.3 is 14.4 Å². The van der Waals surface area contributed by atoms with Crippen LogP contribution in [0.2, 0.25) is 0 Å². The third-order valence-corrected chi connectivity index (χ3v) is 2.79. The molecule has 0 fully saturated rings. The van der Waals surface area contributed by atoms with E-state index >= 15 is 0 Å². The number of esters is 1. The van der Waals surface area contributed by atoms with Crippen LogP contribution >= 0.6 is 28.6 Å². The van der Waals surface area contributed by atoms with Gasteiger partial charge in [0.15, 0.2) is 0 Å². The molecule has 0 aliphatic carbocycles. The molecule has 1 atom stereocenters. The maximum atomic E-state index is 11.3. The number of rotatable bonds is 7. The Labute approximate surface area is 110 Å². The molecule has 0 aromatic rings. The Hall–Kier alpha value is -0.0600. The van der Waals surface area contributed by atoms with Crippen LogP contribution in [0.3, 0.4) is 0 Å². The normalized spacial score (nSPS) is 14.5. The molecule has 0 heterocycles. The van der Waals surface area contributed by atoms with Gasteiger partial charge in [0.05, 0.1) is 12.7 Å². The largest absolute Gasteiger partial charge is 0.460 e. The van der Waals surface area contributed by atoms with E-state index in [4.69, 9.17) is 32.1 Å². The predicted molar refractivity (Wildman–Crippen MR) is 66.3 cm³/mol. The van der Waals surface area contributed by atoms with E-state index in [0.29, 0.717) is 12.0 Å². The number of ether oxygens (including phenoxy) is 1. The first-order valence-electron chi connectivity index (χ1n) is 4.88. The van der Waals surface area contributed by atoms with Gasteiger partial charge in [-0.2, -0.15) is 0 Å². The second kappa shape index (κ2) is 8.11. The second-order valence-electron chi connectivity index (χ2n) is 3.31. The molecule has 1 N–H and O–H groups in total. The smallest absolute Gasteiger partial charge is 0.380 e. The fourth-order valence-electron chi connectivity index (χ4n) is 0.931. The molecule has 0 spiro atoms. The first kappa shape index (κ1) is 16.9. The van der Waals surface area contributed by atoms with E-state index in [-0.39, 0.29) is 13.2 Å². The highest BCUT2D eigenvalue weighted by Crippen LogP contribution is 2.58. The number of halogens is 2. The summed E-state index contributed by atoms with van der Waals surface area (Å²) < 4.78 is 20.4. The summed E-state index contributed by atoms with van der Waals surface area (Å²) in [6, 6.07) is 0.